The SMILES string of the molecule is c1ccc(-n2c3ccccc3c3cc(-c4ccc(-c5nc6cc(-c7ccc8ccccc8c7)c7sc8ccccc8c7c6s5)cc4)ccc32)cc1. The van der Waals surface area contributed by atoms with E-state index in [-0.39, 0.29) is 0 Å². The second-order valence-corrected chi connectivity index (χ2v) is 15.2. The number of benzene rings is 8. The van der Waals surface area contributed by atoms with Crippen molar-refractivity contribution in [1.29, 1.82) is 0 Å². The number of hydrogen-bond donors (Lipinski definition) is 0. The van der Waals surface area contributed by atoms with Gasteiger partial charge >= 0.3 is 0 Å². The molecular weight excluding hydrogens is 657 g/mol. The van der Waals surface area contributed by atoms with E-state index in [1.54, 1.807) is 11.3 Å². The molecule has 0 spiro atoms. The molecule has 238 valence electrons. The van der Waals surface area contributed by atoms with Crippen LogP contribution in [-0.2, 0) is 0 Å². The van der Waals surface area contributed by atoms with Crippen LogP contribution in [0.4, 0.5) is 0 Å². The van der Waals surface area contributed by atoms with E-state index >= 15 is 0 Å². The highest BCUT2D eigenvalue weighted by molar-refractivity contribution is 7.28. The molecule has 3 heterocycles. The molecule has 0 N–H and O–H groups in total. The Morgan fingerprint density at radius 1 is 0.431 bits per heavy atom. The molecule has 0 saturated carbocycles. The van der Waals surface area contributed by atoms with Crippen molar-refractivity contribution in [2.75, 3.05) is 0 Å². The van der Waals surface area contributed by atoms with Crippen LogP contribution in [0.25, 0.3) is 101 Å². The molecule has 0 atom stereocenters. The van der Waals surface area contributed by atoms with Crippen molar-refractivity contribution in [2.24, 2.45) is 0 Å². The van der Waals surface area contributed by atoms with Gasteiger partial charge in [0, 0.05) is 47.8 Å². The smallest absolute Gasteiger partial charge is 0.124 e. The lowest BCUT2D eigenvalue weighted by Crippen LogP contribution is -1.92. The summed E-state index contributed by atoms with van der Waals surface area (Å²) in [5.41, 5.74) is 10.7. The fraction of sp³-hybridized carbons (Fsp3) is 0. The molecule has 51 heavy (non-hydrogen) atoms. The molecule has 0 fully saturated rings. The van der Waals surface area contributed by atoms with Crippen molar-refractivity contribution in [1.82, 2.24) is 9.55 Å². The first-order valence-electron chi connectivity index (χ1n) is 17.2. The quantitative estimate of drug-likeness (QED) is 0.180. The summed E-state index contributed by atoms with van der Waals surface area (Å²) in [4.78, 5) is 5.30. The predicted molar refractivity (Wildman–Crippen MR) is 221 cm³/mol. The maximum atomic E-state index is 5.30. The Labute approximate surface area is 302 Å². The summed E-state index contributed by atoms with van der Waals surface area (Å²) in [6.07, 6.45) is 0. The summed E-state index contributed by atoms with van der Waals surface area (Å²) < 4.78 is 6.26. The maximum Gasteiger partial charge on any atom is 0.124 e. The van der Waals surface area contributed by atoms with Gasteiger partial charge in [-0.2, -0.15) is 0 Å². The molecule has 8 aromatic carbocycles. The summed E-state index contributed by atoms with van der Waals surface area (Å²) in [6, 6.07) is 61.7. The highest BCUT2D eigenvalue weighted by Gasteiger charge is 2.19. The minimum absolute atomic E-state index is 1.05. The van der Waals surface area contributed by atoms with Crippen molar-refractivity contribution < 1.29 is 0 Å². The average Bonchev–Trinajstić information content (AvgIpc) is 3.89. The molecule has 0 unspecified atom stereocenters. The Hall–Kier alpha value is -6.07. The van der Waals surface area contributed by atoms with Crippen molar-refractivity contribution in [3.63, 3.8) is 0 Å². The lowest BCUT2D eigenvalue weighted by atomic mass is 9.99. The molecule has 0 aliphatic carbocycles. The maximum absolute atomic E-state index is 5.30. The predicted octanol–water partition coefficient (Wildman–Crippen LogP) is 13.9. The lowest BCUT2D eigenvalue weighted by Gasteiger charge is -2.08. The van der Waals surface area contributed by atoms with Crippen LogP contribution in [0.1, 0.15) is 0 Å². The third kappa shape index (κ3) is 4.51. The molecule has 0 radical (unpaired) electrons. The lowest BCUT2D eigenvalue weighted by molar-refractivity contribution is 1.18. The van der Waals surface area contributed by atoms with Gasteiger partial charge in [0.05, 0.1) is 21.3 Å². The third-order valence-corrected chi connectivity index (χ3v) is 12.6. The number of para-hydroxylation sites is 2. The summed E-state index contributed by atoms with van der Waals surface area (Å²) in [6.45, 7) is 0. The fourth-order valence-electron chi connectivity index (χ4n) is 7.78. The van der Waals surface area contributed by atoms with Crippen LogP contribution in [0.5, 0.6) is 0 Å². The van der Waals surface area contributed by atoms with E-state index in [0.717, 1.165) is 16.1 Å². The van der Waals surface area contributed by atoms with Gasteiger partial charge in [0.2, 0.25) is 0 Å². The van der Waals surface area contributed by atoms with Gasteiger partial charge in [0.25, 0.3) is 0 Å². The van der Waals surface area contributed by atoms with E-state index in [9.17, 15) is 0 Å². The first-order valence-corrected chi connectivity index (χ1v) is 18.8. The van der Waals surface area contributed by atoms with E-state index in [1.807, 2.05) is 11.3 Å². The fourth-order valence-corrected chi connectivity index (χ4v) is 10.2. The Morgan fingerprint density at radius 2 is 1.12 bits per heavy atom. The average molecular weight is 685 g/mol. The van der Waals surface area contributed by atoms with E-state index in [2.05, 4.69) is 174 Å². The van der Waals surface area contributed by atoms with E-state index in [0.29, 0.717) is 0 Å². The molecule has 0 bridgehead atoms. The highest BCUT2D eigenvalue weighted by atomic mass is 32.1. The second-order valence-electron chi connectivity index (χ2n) is 13.2. The summed E-state index contributed by atoms with van der Waals surface area (Å²) in [5, 5.41) is 8.71. The number of rotatable bonds is 4. The molecule has 11 rings (SSSR count). The van der Waals surface area contributed by atoms with Crippen molar-refractivity contribution in [2.45, 2.75) is 0 Å². The number of nitrogens with zero attached hydrogens (tertiary/aromatic N) is 2. The zero-order valence-corrected chi connectivity index (χ0v) is 29.0. The molecule has 4 heteroatoms. The number of thiazole rings is 1. The van der Waals surface area contributed by atoms with E-state index in [4.69, 9.17) is 4.98 Å². The zero-order valence-electron chi connectivity index (χ0n) is 27.4. The van der Waals surface area contributed by atoms with Crippen LogP contribution in [0.15, 0.2) is 170 Å². The monoisotopic (exact) mass is 684 g/mol. The topological polar surface area (TPSA) is 17.8 Å². The van der Waals surface area contributed by atoms with Gasteiger partial charge in [-0.25, -0.2) is 4.98 Å². The first-order chi connectivity index (χ1) is 25.3. The first kappa shape index (κ1) is 28.7. The molecular formula is C47H28N2S2. The number of aromatic nitrogens is 2. The second kappa shape index (κ2) is 11.2. The van der Waals surface area contributed by atoms with Gasteiger partial charge in [-0.15, -0.1) is 22.7 Å². The van der Waals surface area contributed by atoms with Crippen molar-refractivity contribution in [3.05, 3.63) is 170 Å². The van der Waals surface area contributed by atoms with Gasteiger partial charge < -0.3 is 4.57 Å². The van der Waals surface area contributed by atoms with E-state index < -0.39 is 0 Å². The van der Waals surface area contributed by atoms with Crippen LogP contribution in [-0.4, -0.2) is 9.55 Å². The summed E-state index contributed by atoms with van der Waals surface area (Å²) in [7, 11) is 0. The van der Waals surface area contributed by atoms with Crippen LogP contribution in [0.2, 0.25) is 0 Å². The summed E-state index contributed by atoms with van der Waals surface area (Å²) >= 11 is 3.69. The number of hydrogen-bond acceptors (Lipinski definition) is 3. The molecule has 0 amide bonds. The standard InChI is InChI=1S/C47H28N2S2/c1-2-12-35(13-3-1)49-41-16-8-6-14-36(41)39-27-33(24-25-42(39)49)30-18-21-31(22-19-30)47-48-40-28-38(34-23-20-29-10-4-5-11-32(29)26-34)45-44(46(40)51-47)37-15-7-9-17-43(37)50-45/h1-28H. The zero-order chi connectivity index (χ0) is 33.5. The largest absolute Gasteiger partial charge is 0.309 e. The van der Waals surface area contributed by atoms with Gasteiger partial charge in [-0.3, -0.25) is 0 Å². The molecule has 2 nitrogen and oxygen atoms in total. The molecule has 0 aliphatic heterocycles. The van der Waals surface area contributed by atoms with Gasteiger partial charge in [0.1, 0.15) is 5.01 Å². The van der Waals surface area contributed by atoms with Gasteiger partial charge in [-0.05, 0) is 76.0 Å². The Balaban J connectivity index is 1.03. The van der Waals surface area contributed by atoms with Crippen LogP contribution in [0, 0.1) is 0 Å². The number of fused-ring (bicyclic) bond motifs is 9. The minimum atomic E-state index is 1.05. The minimum Gasteiger partial charge on any atom is -0.309 e. The molecule has 11 aromatic rings. The van der Waals surface area contributed by atoms with Crippen LogP contribution >= 0.6 is 22.7 Å². The molecule has 0 saturated heterocycles. The van der Waals surface area contributed by atoms with Gasteiger partial charge in [0.15, 0.2) is 0 Å². The van der Waals surface area contributed by atoms with Crippen LogP contribution in [0.3, 0.4) is 0 Å². The number of thiophene rings is 1. The van der Waals surface area contributed by atoms with E-state index in [1.165, 1.54) is 85.4 Å². The molecule has 0 aliphatic rings. The van der Waals surface area contributed by atoms with Gasteiger partial charge in [-0.1, -0.05) is 121 Å². The van der Waals surface area contributed by atoms with Crippen molar-refractivity contribution >= 4 is 85.6 Å². The Morgan fingerprint density at radius 3 is 2.00 bits per heavy atom. The normalized spacial score (nSPS) is 11.9. The highest BCUT2D eigenvalue weighted by Crippen LogP contribution is 2.47. The Kier molecular flexibility index (Phi) is 6.32. The van der Waals surface area contributed by atoms with Crippen LogP contribution < -0.4 is 0 Å². The third-order valence-electron chi connectivity index (χ3n) is 10.2. The Bertz CT molecular complexity index is 3130. The molecule has 3 aromatic heterocycles. The summed E-state index contributed by atoms with van der Waals surface area (Å²) in [5.74, 6) is 0. The van der Waals surface area contributed by atoms with Crippen molar-refractivity contribution in [3.8, 4) is 38.5 Å².